The molecule has 0 radical (unpaired) electrons. The van der Waals surface area contributed by atoms with Gasteiger partial charge < -0.3 is 19.1 Å². The van der Waals surface area contributed by atoms with E-state index in [0.717, 1.165) is 22.0 Å². The quantitative estimate of drug-likeness (QED) is 0.643. The molecule has 0 bridgehead atoms. The van der Waals surface area contributed by atoms with Crippen molar-refractivity contribution < 1.29 is 19.0 Å². The first-order chi connectivity index (χ1) is 14.0. The van der Waals surface area contributed by atoms with Crippen molar-refractivity contribution in [3.63, 3.8) is 0 Å². The number of aryl methyl sites for hydroxylation is 2. The third-order valence-electron chi connectivity index (χ3n) is 5.39. The van der Waals surface area contributed by atoms with Gasteiger partial charge in [0.05, 0.1) is 26.3 Å². The minimum Gasteiger partial charge on any atom is -0.493 e. The SMILES string of the molecule is COc1ccc(CCN2Cc3cc4cc(C)c(C)cc4nc3OC2=O)cc1OC. The number of ether oxygens (including phenoxy) is 3. The molecule has 1 aliphatic heterocycles. The average molecular weight is 392 g/mol. The zero-order chi connectivity index (χ0) is 20.5. The van der Waals surface area contributed by atoms with E-state index in [2.05, 4.69) is 31.0 Å². The van der Waals surface area contributed by atoms with Crippen LogP contribution in [0.5, 0.6) is 17.4 Å². The first kappa shape index (κ1) is 19.1. The van der Waals surface area contributed by atoms with Crippen LogP contribution in [0.4, 0.5) is 4.79 Å². The van der Waals surface area contributed by atoms with Crippen LogP contribution in [0.25, 0.3) is 10.9 Å². The molecule has 3 aromatic rings. The smallest absolute Gasteiger partial charge is 0.416 e. The molecule has 1 amide bonds. The molecule has 6 nitrogen and oxygen atoms in total. The van der Waals surface area contributed by atoms with E-state index < -0.39 is 0 Å². The Morgan fingerprint density at radius 2 is 1.79 bits per heavy atom. The molecule has 150 valence electrons. The topological polar surface area (TPSA) is 60.9 Å². The molecule has 0 saturated heterocycles. The summed E-state index contributed by atoms with van der Waals surface area (Å²) in [6.45, 7) is 5.16. The fourth-order valence-corrected chi connectivity index (χ4v) is 3.56. The number of carbonyl (C=O) groups excluding carboxylic acids is 1. The molecule has 0 fully saturated rings. The summed E-state index contributed by atoms with van der Waals surface area (Å²) in [6, 6.07) is 12.0. The summed E-state index contributed by atoms with van der Waals surface area (Å²) < 4.78 is 16.2. The van der Waals surface area contributed by atoms with Crippen LogP contribution in [0.3, 0.4) is 0 Å². The fraction of sp³-hybridized carbons (Fsp3) is 0.304. The Bertz CT molecular complexity index is 1090. The van der Waals surface area contributed by atoms with Crippen molar-refractivity contribution in [3.8, 4) is 17.4 Å². The van der Waals surface area contributed by atoms with Crippen LogP contribution in [-0.2, 0) is 13.0 Å². The van der Waals surface area contributed by atoms with Crippen molar-refractivity contribution in [2.24, 2.45) is 0 Å². The summed E-state index contributed by atoms with van der Waals surface area (Å²) >= 11 is 0. The molecule has 0 aliphatic carbocycles. The Morgan fingerprint density at radius 3 is 2.55 bits per heavy atom. The van der Waals surface area contributed by atoms with Gasteiger partial charge in [-0.05, 0) is 67.3 Å². The second-order valence-electron chi connectivity index (χ2n) is 7.31. The minimum absolute atomic E-state index is 0.367. The Labute approximate surface area is 170 Å². The summed E-state index contributed by atoms with van der Waals surface area (Å²) in [5, 5.41) is 1.06. The maximum absolute atomic E-state index is 12.5. The lowest BCUT2D eigenvalue weighted by Gasteiger charge is -2.27. The number of pyridine rings is 1. The molecule has 2 aromatic carbocycles. The summed E-state index contributed by atoms with van der Waals surface area (Å²) in [6.07, 6.45) is 0.318. The summed E-state index contributed by atoms with van der Waals surface area (Å²) in [5.41, 5.74) is 5.22. The Morgan fingerprint density at radius 1 is 1.03 bits per heavy atom. The molecule has 1 aliphatic rings. The number of hydrogen-bond acceptors (Lipinski definition) is 5. The lowest BCUT2D eigenvalue weighted by atomic mass is 10.0. The lowest BCUT2D eigenvalue weighted by Crippen LogP contribution is -2.38. The second kappa shape index (κ2) is 7.62. The van der Waals surface area contributed by atoms with Crippen LogP contribution in [0.1, 0.15) is 22.3 Å². The van der Waals surface area contributed by atoms with Crippen LogP contribution >= 0.6 is 0 Å². The maximum Gasteiger partial charge on any atom is 0.416 e. The van der Waals surface area contributed by atoms with E-state index in [1.165, 1.54) is 11.1 Å². The normalized spacial score (nSPS) is 13.2. The van der Waals surface area contributed by atoms with Crippen LogP contribution < -0.4 is 14.2 Å². The Kier molecular flexibility index (Phi) is 5.01. The van der Waals surface area contributed by atoms with E-state index >= 15 is 0 Å². The monoisotopic (exact) mass is 392 g/mol. The highest BCUT2D eigenvalue weighted by Crippen LogP contribution is 2.30. The zero-order valence-electron chi connectivity index (χ0n) is 17.1. The van der Waals surface area contributed by atoms with E-state index in [9.17, 15) is 4.79 Å². The van der Waals surface area contributed by atoms with Crippen molar-refractivity contribution in [2.45, 2.75) is 26.8 Å². The molecule has 0 unspecified atom stereocenters. The molecule has 0 saturated carbocycles. The van der Waals surface area contributed by atoms with Crippen LogP contribution in [0.15, 0.2) is 36.4 Å². The van der Waals surface area contributed by atoms with Crippen molar-refractivity contribution in [1.82, 2.24) is 9.88 Å². The first-order valence-corrected chi connectivity index (χ1v) is 9.57. The van der Waals surface area contributed by atoms with Gasteiger partial charge in [-0.2, -0.15) is 0 Å². The van der Waals surface area contributed by atoms with Gasteiger partial charge in [-0.3, -0.25) is 0 Å². The fourth-order valence-electron chi connectivity index (χ4n) is 3.56. The van der Waals surface area contributed by atoms with E-state index in [1.54, 1.807) is 19.1 Å². The van der Waals surface area contributed by atoms with Gasteiger partial charge in [-0.15, -0.1) is 0 Å². The highest BCUT2D eigenvalue weighted by Gasteiger charge is 2.26. The molecule has 6 heteroatoms. The van der Waals surface area contributed by atoms with E-state index in [0.29, 0.717) is 36.9 Å². The van der Waals surface area contributed by atoms with E-state index in [1.807, 2.05) is 24.3 Å². The molecular weight excluding hydrogens is 368 g/mol. The van der Waals surface area contributed by atoms with Crippen molar-refractivity contribution in [2.75, 3.05) is 20.8 Å². The number of carbonyl (C=O) groups is 1. The van der Waals surface area contributed by atoms with Crippen molar-refractivity contribution in [3.05, 3.63) is 58.7 Å². The van der Waals surface area contributed by atoms with Crippen LogP contribution in [0, 0.1) is 13.8 Å². The number of fused-ring (bicyclic) bond motifs is 2. The van der Waals surface area contributed by atoms with Crippen LogP contribution in [-0.4, -0.2) is 36.7 Å². The summed E-state index contributed by atoms with van der Waals surface area (Å²) in [4.78, 5) is 18.7. The number of nitrogens with zero attached hydrogens (tertiary/aromatic N) is 2. The Hall–Kier alpha value is -3.28. The third kappa shape index (κ3) is 3.70. The lowest BCUT2D eigenvalue weighted by molar-refractivity contribution is 0.137. The number of amides is 1. The predicted octanol–water partition coefficient (Wildman–Crippen LogP) is 4.43. The van der Waals surface area contributed by atoms with Gasteiger partial charge in [0.1, 0.15) is 0 Å². The number of rotatable bonds is 5. The largest absolute Gasteiger partial charge is 0.493 e. The summed E-state index contributed by atoms with van der Waals surface area (Å²) in [5.74, 6) is 1.78. The predicted molar refractivity (Wildman–Crippen MR) is 111 cm³/mol. The van der Waals surface area contributed by atoms with Gasteiger partial charge in [-0.1, -0.05) is 6.07 Å². The molecule has 0 spiro atoms. The second-order valence-corrected chi connectivity index (χ2v) is 7.31. The van der Waals surface area contributed by atoms with Gasteiger partial charge >= 0.3 is 6.09 Å². The molecule has 29 heavy (non-hydrogen) atoms. The van der Waals surface area contributed by atoms with Gasteiger partial charge in [-0.25, -0.2) is 9.78 Å². The highest BCUT2D eigenvalue weighted by atomic mass is 16.6. The van der Waals surface area contributed by atoms with Gasteiger partial charge in [0, 0.05) is 17.5 Å². The molecular formula is C23H24N2O4. The molecule has 2 heterocycles. The Balaban J connectivity index is 1.53. The van der Waals surface area contributed by atoms with E-state index in [-0.39, 0.29) is 6.09 Å². The first-order valence-electron chi connectivity index (χ1n) is 9.57. The van der Waals surface area contributed by atoms with Crippen molar-refractivity contribution >= 4 is 17.0 Å². The molecule has 1 aromatic heterocycles. The van der Waals surface area contributed by atoms with Gasteiger partial charge in [0.2, 0.25) is 5.88 Å². The number of methoxy groups -OCH3 is 2. The minimum atomic E-state index is -0.367. The van der Waals surface area contributed by atoms with Crippen molar-refractivity contribution in [1.29, 1.82) is 0 Å². The zero-order valence-corrected chi connectivity index (χ0v) is 17.1. The number of aromatic nitrogens is 1. The van der Waals surface area contributed by atoms with Gasteiger partial charge in [0.25, 0.3) is 0 Å². The third-order valence-corrected chi connectivity index (χ3v) is 5.39. The standard InChI is InChI=1S/C23H24N2O4/c1-14-9-17-12-18-13-25(23(26)29-22(18)24-19(17)10-15(14)2)8-7-16-5-6-20(27-3)21(11-16)28-4/h5-6,9-12H,7-8,13H2,1-4H3. The summed E-state index contributed by atoms with van der Waals surface area (Å²) in [7, 11) is 3.22. The molecule has 0 atom stereocenters. The number of hydrogen-bond donors (Lipinski definition) is 0. The van der Waals surface area contributed by atoms with Crippen LogP contribution in [0.2, 0.25) is 0 Å². The molecule has 4 rings (SSSR count). The number of benzene rings is 2. The maximum atomic E-state index is 12.5. The highest BCUT2D eigenvalue weighted by molar-refractivity contribution is 5.83. The molecule has 0 N–H and O–H groups in total. The van der Waals surface area contributed by atoms with Gasteiger partial charge in [0.15, 0.2) is 11.5 Å². The van der Waals surface area contributed by atoms with E-state index in [4.69, 9.17) is 14.2 Å². The average Bonchev–Trinajstić information content (AvgIpc) is 2.72.